The van der Waals surface area contributed by atoms with Gasteiger partial charge < -0.3 is 0 Å². The molecule has 2 nitrogen and oxygen atoms in total. The number of halogens is 1. The highest BCUT2D eigenvalue weighted by atomic mass is 35.5. The Balaban J connectivity index is 2.52. The molecule has 1 aliphatic carbocycles. The van der Waals surface area contributed by atoms with Crippen LogP contribution in [0.15, 0.2) is 0 Å². The third kappa shape index (κ3) is 2.49. The van der Waals surface area contributed by atoms with Crippen LogP contribution in [0.25, 0.3) is 0 Å². The summed E-state index contributed by atoms with van der Waals surface area (Å²) in [4.78, 5) is 21.7. The maximum Gasteiger partial charge on any atom is 0.225 e. The van der Waals surface area contributed by atoms with Gasteiger partial charge in [-0.25, -0.2) is 0 Å². The summed E-state index contributed by atoms with van der Waals surface area (Å²) in [7, 11) is 0. The van der Waals surface area contributed by atoms with Crippen LogP contribution in [0, 0.1) is 5.92 Å². The van der Waals surface area contributed by atoms with Crippen molar-refractivity contribution in [2.75, 3.05) is 0 Å². The van der Waals surface area contributed by atoms with E-state index in [1.54, 1.807) is 0 Å². The predicted octanol–water partition coefficient (Wildman–Crippen LogP) is 2.20. The number of carbonyl (C=O) groups excluding carboxylic acids is 2. The van der Waals surface area contributed by atoms with Crippen molar-refractivity contribution in [2.24, 2.45) is 5.92 Å². The Morgan fingerprint density at radius 1 is 1.42 bits per heavy atom. The number of rotatable bonds is 2. The fourth-order valence-corrected chi connectivity index (χ4v) is 3.01. The molecule has 0 heterocycles. The van der Waals surface area contributed by atoms with Gasteiger partial charge in [-0.2, -0.15) is 0 Å². The zero-order valence-electron chi connectivity index (χ0n) is 6.88. The first kappa shape index (κ1) is 10.1. The summed E-state index contributed by atoms with van der Waals surface area (Å²) >= 11 is 6.65. The molecule has 4 heteroatoms. The third-order valence-electron chi connectivity index (χ3n) is 2.06. The molecule has 1 rings (SSSR count). The van der Waals surface area contributed by atoms with Crippen molar-refractivity contribution < 1.29 is 9.59 Å². The standard InChI is InChI=1S/C8H11ClO2S/c1-5(10)12-7-4-2-3-6(7)8(9)11/h6-7H,2-4H2,1H3. The molecule has 0 aliphatic heterocycles. The first-order valence-electron chi connectivity index (χ1n) is 3.98. The number of hydrogen-bond donors (Lipinski definition) is 0. The van der Waals surface area contributed by atoms with Gasteiger partial charge in [-0.05, 0) is 24.4 Å². The van der Waals surface area contributed by atoms with Crippen molar-refractivity contribution in [3.05, 3.63) is 0 Å². The van der Waals surface area contributed by atoms with Crippen LogP contribution >= 0.6 is 23.4 Å². The first-order chi connectivity index (χ1) is 5.61. The van der Waals surface area contributed by atoms with Crippen LogP contribution in [-0.2, 0) is 9.59 Å². The maximum absolute atomic E-state index is 10.9. The Hall–Kier alpha value is -0.0200. The number of thioether (sulfide) groups is 1. The van der Waals surface area contributed by atoms with E-state index < -0.39 is 0 Å². The van der Waals surface area contributed by atoms with Crippen LogP contribution < -0.4 is 0 Å². The molecule has 68 valence electrons. The molecule has 0 spiro atoms. The van der Waals surface area contributed by atoms with E-state index in [1.807, 2.05) is 0 Å². The Bertz CT molecular complexity index is 205. The summed E-state index contributed by atoms with van der Waals surface area (Å²) in [6.45, 7) is 1.53. The molecule has 0 N–H and O–H groups in total. The van der Waals surface area contributed by atoms with Gasteiger partial charge in [0, 0.05) is 18.1 Å². The molecular formula is C8H11ClO2S. The second-order valence-electron chi connectivity index (χ2n) is 2.99. The molecule has 1 aliphatic rings. The zero-order valence-corrected chi connectivity index (χ0v) is 8.45. The van der Waals surface area contributed by atoms with Gasteiger partial charge >= 0.3 is 0 Å². The molecule has 0 saturated heterocycles. The van der Waals surface area contributed by atoms with Crippen LogP contribution in [0.4, 0.5) is 0 Å². The second kappa shape index (κ2) is 4.28. The summed E-state index contributed by atoms with van der Waals surface area (Å²) in [5.74, 6) is -0.0967. The molecule has 1 fully saturated rings. The molecule has 0 amide bonds. The molecule has 0 aromatic heterocycles. The van der Waals surface area contributed by atoms with Crippen molar-refractivity contribution in [1.82, 2.24) is 0 Å². The van der Waals surface area contributed by atoms with E-state index in [1.165, 1.54) is 18.7 Å². The lowest BCUT2D eigenvalue weighted by Gasteiger charge is -2.12. The van der Waals surface area contributed by atoms with Crippen molar-refractivity contribution >= 4 is 33.7 Å². The van der Waals surface area contributed by atoms with Gasteiger partial charge in [-0.3, -0.25) is 9.59 Å². The van der Waals surface area contributed by atoms with E-state index in [2.05, 4.69) is 0 Å². The van der Waals surface area contributed by atoms with Crippen molar-refractivity contribution in [3.8, 4) is 0 Å². The molecule has 0 aromatic rings. The number of carbonyl (C=O) groups is 2. The zero-order chi connectivity index (χ0) is 9.14. The van der Waals surface area contributed by atoms with Gasteiger partial charge in [-0.15, -0.1) is 0 Å². The lowest BCUT2D eigenvalue weighted by Crippen LogP contribution is -2.17. The molecule has 12 heavy (non-hydrogen) atoms. The SMILES string of the molecule is CC(=O)SC1CCCC1C(=O)Cl. The summed E-state index contributed by atoms with van der Waals surface area (Å²) in [6.07, 6.45) is 2.79. The normalized spacial score (nSPS) is 28.8. The van der Waals surface area contributed by atoms with Crippen molar-refractivity contribution in [3.63, 3.8) is 0 Å². The minimum Gasteiger partial charge on any atom is -0.288 e. The van der Waals surface area contributed by atoms with Crippen LogP contribution in [-0.4, -0.2) is 15.6 Å². The number of hydrogen-bond acceptors (Lipinski definition) is 3. The first-order valence-corrected chi connectivity index (χ1v) is 5.23. The van der Waals surface area contributed by atoms with Gasteiger partial charge in [0.2, 0.25) is 5.24 Å². The van der Waals surface area contributed by atoms with Gasteiger partial charge in [0.15, 0.2) is 5.12 Å². The van der Waals surface area contributed by atoms with Gasteiger partial charge in [0.25, 0.3) is 0 Å². The second-order valence-corrected chi connectivity index (χ2v) is 4.78. The lowest BCUT2D eigenvalue weighted by molar-refractivity contribution is -0.114. The summed E-state index contributed by atoms with van der Waals surface area (Å²) in [6, 6.07) is 0. The smallest absolute Gasteiger partial charge is 0.225 e. The van der Waals surface area contributed by atoms with Crippen LogP contribution in [0.5, 0.6) is 0 Å². The maximum atomic E-state index is 10.9. The van der Waals surface area contributed by atoms with Crippen molar-refractivity contribution in [2.45, 2.75) is 31.4 Å². The van der Waals surface area contributed by atoms with E-state index in [4.69, 9.17) is 11.6 Å². The molecule has 1 saturated carbocycles. The molecule has 0 aromatic carbocycles. The fraction of sp³-hybridized carbons (Fsp3) is 0.750. The van der Waals surface area contributed by atoms with Gasteiger partial charge in [0.1, 0.15) is 0 Å². The molecule has 2 atom stereocenters. The summed E-state index contributed by atoms with van der Waals surface area (Å²) in [5.41, 5.74) is 0. The largest absolute Gasteiger partial charge is 0.288 e. The Kier molecular flexibility index (Phi) is 3.59. The van der Waals surface area contributed by atoms with E-state index in [0.717, 1.165) is 19.3 Å². The van der Waals surface area contributed by atoms with E-state index in [9.17, 15) is 9.59 Å². The third-order valence-corrected chi connectivity index (χ3v) is 3.54. The van der Waals surface area contributed by atoms with Gasteiger partial charge in [-0.1, -0.05) is 18.2 Å². The predicted molar refractivity (Wildman–Crippen MR) is 50.3 cm³/mol. The van der Waals surface area contributed by atoms with E-state index in [0.29, 0.717) is 0 Å². The Morgan fingerprint density at radius 2 is 2.08 bits per heavy atom. The molecular weight excluding hydrogens is 196 g/mol. The van der Waals surface area contributed by atoms with Gasteiger partial charge in [0.05, 0.1) is 0 Å². The van der Waals surface area contributed by atoms with E-state index in [-0.39, 0.29) is 21.5 Å². The average Bonchev–Trinajstić information content (AvgIpc) is 2.33. The summed E-state index contributed by atoms with van der Waals surface area (Å²) < 4.78 is 0. The quantitative estimate of drug-likeness (QED) is 0.650. The molecule has 2 unspecified atom stereocenters. The Labute approximate surface area is 81.0 Å². The average molecular weight is 207 g/mol. The van der Waals surface area contributed by atoms with Crippen molar-refractivity contribution in [1.29, 1.82) is 0 Å². The molecule has 0 radical (unpaired) electrons. The van der Waals surface area contributed by atoms with Crippen LogP contribution in [0.3, 0.4) is 0 Å². The topological polar surface area (TPSA) is 34.1 Å². The Morgan fingerprint density at radius 3 is 2.58 bits per heavy atom. The minimum atomic E-state index is -0.286. The highest BCUT2D eigenvalue weighted by Gasteiger charge is 2.33. The van der Waals surface area contributed by atoms with E-state index >= 15 is 0 Å². The minimum absolute atomic E-state index is 0.0739. The fourth-order valence-electron chi connectivity index (χ4n) is 1.54. The highest BCUT2D eigenvalue weighted by molar-refractivity contribution is 8.14. The monoisotopic (exact) mass is 206 g/mol. The summed E-state index contributed by atoms with van der Waals surface area (Å²) in [5, 5.41) is -0.0800. The molecule has 0 bridgehead atoms. The lowest BCUT2D eigenvalue weighted by atomic mass is 10.1. The van der Waals surface area contributed by atoms with Crippen LogP contribution in [0.1, 0.15) is 26.2 Å². The highest BCUT2D eigenvalue weighted by Crippen LogP contribution is 2.36. The van der Waals surface area contributed by atoms with Crippen LogP contribution in [0.2, 0.25) is 0 Å².